The highest BCUT2D eigenvalue weighted by Gasteiger charge is 2.30. The van der Waals surface area contributed by atoms with E-state index in [1.807, 2.05) is 12.1 Å². The van der Waals surface area contributed by atoms with Gasteiger partial charge in [-0.1, -0.05) is 18.2 Å². The number of benzene rings is 2. The van der Waals surface area contributed by atoms with Crippen molar-refractivity contribution in [3.63, 3.8) is 0 Å². The van der Waals surface area contributed by atoms with E-state index in [-0.39, 0.29) is 36.8 Å². The van der Waals surface area contributed by atoms with Gasteiger partial charge < -0.3 is 9.15 Å². The van der Waals surface area contributed by atoms with Gasteiger partial charge in [-0.15, -0.1) is 0 Å². The largest absolute Gasteiger partial charge is 0.452 e. The van der Waals surface area contributed by atoms with Crippen LogP contribution in [0.15, 0.2) is 52.9 Å². The highest BCUT2D eigenvalue weighted by molar-refractivity contribution is 6.20. The molecule has 26 heavy (non-hydrogen) atoms. The quantitative estimate of drug-likeness (QED) is 0.531. The molecule has 0 spiro atoms. The van der Waals surface area contributed by atoms with E-state index in [0.29, 0.717) is 22.7 Å². The molecule has 2 amide bonds. The van der Waals surface area contributed by atoms with Crippen molar-refractivity contribution < 1.29 is 23.5 Å². The monoisotopic (exact) mass is 350 g/mol. The molecule has 0 saturated carbocycles. The van der Waals surface area contributed by atoms with Crippen molar-refractivity contribution in [2.75, 3.05) is 4.90 Å². The van der Waals surface area contributed by atoms with Gasteiger partial charge in [0.05, 0.1) is 11.3 Å². The van der Waals surface area contributed by atoms with Crippen molar-refractivity contribution in [2.24, 2.45) is 0 Å². The summed E-state index contributed by atoms with van der Waals surface area (Å²) in [6, 6.07) is 13.5. The second kappa shape index (κ2) is 6.44. The maximum absolute atomic E-state index is 12.3. The fourth-order valence-corrected chi connectivity index (χ4v) is 2.83. The van der Waals surface area contributed by atoms with Crippen molar-refractivity contribution in [3.05, 3.63) is 60.0 Å². The van der Waals surface area contributed by atoms with Crippen molar-refractivity contribution >= 4 is 34.6 Å². The van der Waals surface area contributed by atoms with Crippen molar-refractivity contribution in [3.8, 4) is 0 Å². The Balaban J connectivity index is 1.48. The summed E-state index contributed by atoms with van der Waals surface area (Å²) in [5.74, 6) is -0.840. The third-order valence-corrected chi connectivity index (χ3v) is 4.06. The van der Waals surface area contributed by atoms with Crippen LogP contribution in [0.2, 0.25) is 0 Å². The van der Waals surface area contributed by atoms with E-state index in [1.54, 1.807) is 30.3 Å². The van der Waals surface area contributed by atoms with Gasteiger partial charge in [0.1, 0.15) is 5.52 Å². The topological polar surface area (TPSA) is 89.7 Å². The summed E-state index contributed by atoms with van der Waals surface area (Å²) in [6.07, 6.45) is 0.371. The number of ether oxygens (including phenoxy) is 1. The maximum atomic E-state index is 12.3. The summed E-state index contributed by atoms with van der Waals surface area (Å²) < 4.78 is 10.7. The van der Waals surface area contributed by atoms with Gasteiger partial charge in [-0.3, -0.25) is 14.5 Å². The van der Waals surface area contributed by atoms with Crippen LogP contribution >= 0.6 is 0 Å². The molecule has 4 rings (SSSR count). The van der Waals surface area contributed by atoms with Crippen LogP contribution in [0.25, 0.3) is 11.1 Å². The minimum Gasteiger partial charge on any atom is -0.452 e. The second-order valence-electron chi connectivity index (χ2n) is 5.82. The van der Waals surface area contributed by atoms with Gasteiger partial charge in [0.25, 0.3) is 0 Å². The molecule has 1 aliphatic rings. The third kappa shape index (κ3) is 2.95. The Morgan fingerprint density at radius 3 is 2.62 bits per heavy atom. The molecule has 0 radical (unpaired) electrons. The number of hydrogen-bond donors (Lipinski definition) is 0. The smallest absolute Gasteiger partial charge is 0.338 e. The molecule has 1 aliphatic heterocycles. The van der Waals surface area contributed by atoms with Crippen LogP contribution in [0.1, 0.15) is 29.1 Å². The Morgan fingerprint density at radius 2 is 1.85 bits per heavy atom. The summed E-state index contributed by atoms with van der Waals surface area (Å²) >= 11 is 0. The zero-order valence-corrected chi connectivity index (χ0v) is 13.7. The SMILES string of the molecule is O=C(OCc1nc2ccccc2o1)c1cccc(N2C(=O)CCC2=O)c1. The second-order valence-corrected chi connectivity index (χ2v) is 5.82. The van der Waals surface area contributed by atoms with E-state index in [9.17, 15) is 14.4 Å². The van der Waals surface area contributed by atoms with Crippen LogP contribution in [0, 0.1) is 0 Å². The van der Waals surface area contributed by atoms with Crippen molar-refractivity contribution in [2.45, 2.75) is 19.4 Å². The molecular weight excluding hydrogens is 336 g/mol. The molecule has 130 valence electrons. The number of hydrogen-bond acceptors (Lipinski definition) is 6. The Kier molecular flexibility index (Phi) is 3.96. The summed E-state index contributed by atoms with van der Waals surface area (Å²) in [5.41, 5.74) is 1.91. The first-order chi connectivity index (χ1) is 12.6. The molecule has 1 fully saturated rings. The zero-order chi connectivity index (χ0) is 18.1. The van der Waals surface area contributed by atoms with Crippen LogP contribution in [0.3, 0.4) is 0 Å². The first kappa shape index (κ1) is 16.0. The maximum Gasteiger partial charge on any atom is 0.338 e. The number of amides is 2. The van der Waals surface area contributed by atoms with Gasteiger partial charge in [0.2, 0.25) is 17.7 Å². The molecule has 2 heterocycles. The third-order valence-electron chi connectivity index (χ3n) is 4.06. The van der Waals surface area contributed by atoms with Gasteiger partial charge in [-0.2, -0.15) is 0 Å². The first-order valence-corrected chi connectivity index (χ1v) is 8.09. The van der Waals surface area contributed by atoms with E-state index < -0.39 is 5.97 Å². The molecule has 3 aromatic rings. The number of aromatic nitrogens is 1. The van der Waals surface area contributed by atoms with Gasteiger partial charge in [-0.05, 0) is 30.3 Å². The fourth-order valence-electron chi connectivity index (χ4n) is 2.83. The molecular formula is C19H14N2O5. The molecule has 0 atom stereocenters. The van der Waals surface area contributed by atoms with Crippen LogP contribution in [-0.4, -0.2) is 22.8 Å². The summed E-state index contributed by atoms with van der Waals surface area (Å²) in [6.45, 7) is -0.112. The Morgan fingerprint density at radius 1 is 1.08 bits per heavy atom. The lowest BCUT2D eigenvalue weighted by molar-refractivity contribution is -0.121. The number of carbonyl (C=O) groups excluding carboxylic acids is 3. The number of anilines is 1. The van der Waals surface area contributed by atoms with E-state index in [4.69, 9.17) is 9.15 Å². The van der Waals surface area contributed by atoms with Gasteiger partial charge in [-0.25, -0.2) is 9.78 Å². The number of para-hydroxylation sites is 2. The number of oxazole rings is 1. The Hall–Kier alpha value is -3.48. The van der Waals surface area contributed by atoms with E-state index >= 15 is 0 Å². The molecule has 1 aromatic heterocycles. The van der Waals surface area contributed by atoms with E-state index in [1.165, 1.54) is 6.07 Å². The molecule has 2 aromatic carbocycles. The number of imide groups is 1. The van der Waals surface area contributed by atoms with Crippen LogP contribution in [0.4, 0.5) is 5.69 Å². The Bertz CT molecular complexity index is 974. The molecule has 0 aliphatic carbocycles. The number of rotatable bonds is 4. The fraction of sp³-hybridized carbons (Fsp3) is 0.158. The minimum absolute atomic E-state index is 0.112. The van der Waals surface area contributed by atoms with Crippen LogP contribution in [-0.2, 0) is 20.9 Å². The molecule has 7 heteroatoms. The summed E-state index contributed by atoms with van der Waals surface area (Å²) in [7, 11) is 0. The predicted molar refractivity (Wildman–Crippen MR) is 91.3 cm³/mol. The molecule has 0 bridgehead atoms. The van der Waals surface area contributed by atoms with Gasteiger partial charge in [0.15, 0.2) is 12.2 Å². The average molecular weight is 350 g/mol. The molecule has 0 unspecified atom stereocenters. The predicted octanol–water partition coefficient (Wildman–Crippen LogP) is 2.84. The van der Waals surface area contributed by atoms with E-state index in [2.05, 4.69) is 4.98 Å². The standard InChI is InChI=1S/C19H14N2O5/c22-17-8-9-18(23)21(17)13-5-3-4-12(10-13)19(24)25-11-16-20-14-6-1-2-7-15(14)26-16/h1-7,10H,8-9,11H2. The van der Waals surface area contributed by atoms with Crippen LogP contribution < -0.4 is 4.90 Å². The summed E-state index contributed by atoms with van der Waals surface area (Å²) in [5, 5.41) is 0. The normalized spacial score (nSPS) is 14.2. The van der Waals surface area contributed by atoms with Crippen LogP contribution in [0.5, 0.6) is 0 Å². The number of fused-ring (bicyclic) bond motifs is 1. The first-order valence-electron chi connectivity index (χ1n) is 8.09. The lowest BCUT2D eigenvalue weighted by atomic mass is 10.2. The number of carbonyl (C=O) groups is 3. The highest BCUT2D eigenvalue weighted by Crippen LogP contribution is 2.24. The minimum atomic E-state index is -0.590. The van der Waals surface area contributed by atoms with E-state index in [0.717, 1.165) is 4.90 Å². The number of nitrogens with zero attached hydrogens (tertiary/aromatic N) is 2. The Labute approximate surface area is 148 Å². The molecule has 0 N–H and O–H groups in total. The van der Waals surface area contributed by atoms with Gasteiger partial charge in [0, 0.05) is 12.8 Å². The average Bonchev–Trinajstić information content (AvgIpc) is 3.22. The summed E-state index contributed by atoms with van der Waals surface area (Å²) in [4.78, 5) is 41.3. The lowest BCUT2D eigenvalue weighted by Gasteiger charge is -2.14. The molecule has 7 nitrogen and oxygen atoms in total. The number of esters is 1. The van der Waals surface area contributed by atoms with Crippen molar-refractivity contribution in [1.82, 2.24) is 4.98 Å². The highest BCUT2D eigenvalue weighted by atomic mass is 16.5. The zero-order valence-electron chi connectivity index (χ0n) is 13.7. The molecule has 1 saturated heterocycles. The van der Waals surface area contributed by atoms with Crippen molar-refractivity contribution in [1.29, 1.82) is 0 Å². The van der Waals surface area contributed by atoms with Gasteiger partial charge >= 0.3 is 5.97 Å². The lowest BCUT2D eigenvalue weighted by Crippen LogP contribution is -2.28.